The summed E-state index contributed by atoms with van der Waals surface area (Å²) in [6, 6.07) is 11.2. The van der Waals surface area contributed by atoms with E-state index in [-0.39, 0.29) is 7.43 Å². The van der Waals surface area contributed by atoms with Gasteiger partial charge in [-0.05, 0) is 43.5 Å². The van der Waals surface area contributed by atoms with E-state index in [2.05, 4.69) is 59.9 Å². The van der Waals surface area contributed by atoms with Gasteiger partial charge in [-0.1, -0.05) is 31.7 Å². The Morgan fingerprint density at radius 3 is 2.14 bits per heavy atom. The fraction of sp³-hybridized carbons (Fsp3) is 0.677. The van der Waals surface area contributed by atoms with E-state index in [1.807, 2.05) is 6.07 Å². The van der Waals surface area contributed by atoms with Gasteiger partial charge in [0.05, 0.1) is 13.2 Å². The highest BCUT2D eigenvalue weighted by Gasteiger charge is 2.20. The Bertz CT molecular complexity index is 1020. The van der Waals surface area contributed by atoms with Crippen LogP contribution in [0.25, 0.3) is 0 Å². The summed E-state index contributed by atoms with van der Waals surface area (Å²) in [5.74, 6) is 1.98. The number of rotatable bonds is 14. The zero-order valence-corrected chi connectivity index (χ0v) is 24.5. The Morgan fingerprint density at radius 2 is 1.43 bits per heavy atom. The number of aromatic nitrogens is 2. The Kier molecular flexibility index (Phi) is 13.5. The van der Waals surface area contributed by atoms with Crippen LogP contribution in [-0.4, -0.2) is 118 Å². The number of hydrogen-bond donors (Lipinski definition) is 4. The van der Waals surface area contributed by atoms with Crippen molar-refractivity contribution in [2.45, 2.75) is 45.8 Å². The lowest BCUT2D eigenvalue weighted by Crippen LogP contribution is -2.49. The van der Waals surface area contributed by atoms with Crippen LogP contribution in [0.15, 0.2) is 30.3 Å². The number of hydrogen-bond acceptors (Lipinski definition) is 11. The Morgan fingerprint density at radius 1 is 0.786 bits per heavy atom. The molecular formula is C31H53N9O2. The molecule has 3 saturated heterocycles. The van der Waals surface area contributed by atoms with Crippen molar-refractivity contribution >= 4 is 17.6 Å². The molecule has 1 aromatic heterocycles. The van der Waals surface area contributed by atoms with E-state index in [0.29, 0.717) is 24.4 Å². The molecule has 5 N–H and O–H groups in total. The number of piperazine rings is 1. The third kappa shape index (κ3) is 10.6. The zero-order chi connectivity index (χ0) is 28.1. The van der Waals surface area contributed by atoms with Gasteiger partial charge in [0.2, 0.25) is 5.95 Å². The van der Waals surface area contributed by atoms with Crippen LogP contribution in [-0.2, 0) is 22.6 Å². The van der Waals surface area contributed by atoms with E-state index < -0.39 is 0 Å². The summed E-state index contributed by atoms with van der Waals surface area (Å²) in [6.07, 6.45) is 3.40. The molecule has 0 saturated carbocycles. The van der Waals surface area contributed by atoms with Crippen LogP contribution in [0.3, 0.4) is 0 Å². The van der Waals surface area contributed by atoms with Crippen molar-refractivity contribution < 1.29 is 9.47 Å². The van der Waals surface area contributed by atoms with Crippen molar-refractivity contribution in [2.75, 3.05) is 108 Å². The van der Waals surface area contributed by atoms with Crippen LogP contribution in [0.1, 0.15) is 37.8 Å². The summed E-state index contributed by atoms with van der Waals surface area (Å²) in [5, 5.41) is 10.6. The summed E-state index contributed by atoms with van der Waals surface area (Å²) in [4.78, 5) is 16.6. The number of nitrogens with one attached hydrogen (secondary N) is 3. The highest BCUT2D eigenvalue weighted by atomic mass is 16.5. The second-order valence-electron chi connectivity index (χ2n) is 11.3. The van der Waals surface area contributed by atoms with Gasteiger partial charge in [0.25, 0.3) is 0 Å². The number of benzene rings is 1. The Balaban J connectivity index is 0.00000405. The lowest BCUT2D eigenvalue weighted by Gasteiger charge is -2.37. The van der Waals surface area contributed by atoms with E-state index in [4.69, 9.17) is 20.2 Å². The number of ether oxygens (including phenoxy) is 2. The first-order valence-electron chi connectivity index (χ1n) is 15.5. The molecule has 4 heterocycles. The van der Waals surface area contributed by atoms with Crippen molar-refractivity contribution in [1.29, 1.82) is 0 Å². The fourth-order valence-corrected chi connectivity index (χ4v) is 5.61. The molecule has 0 atom stereocenters. The largest absolute Gasteiger partial charge is 0.383 e. The molecule has 42 heavy (non-hydrogen) atoms. The summed E-state index contributed by atoms with van der Waals surface area (Å²) < 4.78 is 10.9. The highest BCUT2D eigenvalue weighted by Crippen LogP contribution is 2.19. The molecule has 11 nitrogen and oxygen atoms in total. The van der Waals surface area contributed by atoms with Crippen LogP contribution in [0.4, 0.5) is 17.6 Å². The highest BCUT2D eigenvalue weighted by molar-refractivity contribution is 5.52. The number of nitrogens with zero attached hydrogens (tertiary/aromatic N) is 5. The van der Waals surface area contributed by atoms with Crippen LogP contribution in [0.2, 0.25) is 0 Å². The van der Waals surface area contributed by atoms with Gasteiger partial charge in [-0.3, -0.25) is 9.80 Å². The van der Waals surface area contributed by atoms with Crippen molar-refractivity contribution in [3.63, 3.8) is 0 Å². The molecule has 0 aliphatic carbocycles. The average molecular weight is 584 g/mol. The molecule has 3 aliphatic rings. The molecular weight excluding hydrogens is 530 g/mol. The number of morpholine rings is 1. The molecule has 3 fully saturated rings. The minimum Gasteiger partial charge on any atom is -0.383 e. The SMILES string of the molecule is C.Nc1cc(N2CCN(CCN3CCOCC3)CC2)nc(NCc2ccc(CNCCCNC3CCOCC3)cc2)n1. The Labute approximate surface area is 252 Å². The molecule has 1 aromatic carbocycles. The first kappa shape index (κ1) is 32.4. The second kappa shape index (κ2) is 17.5. The van der Waals surface area contributed by atoms with Crippen molar-refractivity contribution in [3.8, 4) is 0 Å². The molecule has 11 heteroatoms. The molecule has 5 rings (SSSR count). The van der Waals surface area contributed by atoms with Gasteiger partial charge in [-0.2, -0.15) is 9.97 Å². The van der Waals surface area contributed by atoms with Crippen LogP contribution < -0.4 is 26.6 Å². The summed E-state index contributed by atoms with van der Waals surface area (Å²) in [7, 11) is 0. The number of nitrogens with two attached hydrogens (primary N) is 1. The quantitative estimate of drug-likeness (QED) is 0.245. The summed E-state index contributed by atoms with van der Waals surface area (Å²) in [6.45, 7) is 15.4. The fourth-order valence-electron chi connectivity index (χ4n) is 5.61. The van der Waals surface area contributed by atoms with Crippen molar-refractivity contribution in [3.05, 3.63) is 41.5 Å². The average Bonchev–Trinajstić information content (AvgIpc) is 3.02. The second-order valence-corrected chi connectivity index (χ2v) is 11.3. The first-order valence-corrected chi connectivity index (χ1v) is 15.5. The molecule has 0 amide bonds. The maximum absolute atomic E-state index is 6.17. The third-order valence-electron chi connectivity index (χ3n) is 8.25. The molecule has 234 valence electrons. The third-order valence-corrected chi connectivity index (χ3v) is 8.25. The monoisotopic (exact) mass is 583 g/mol. The first-order chi connectivity index (χ1) is 20.2. The summed E-state index contributed by atoms with van der Waals surface area (Å²) in [5.41, 5.74) is 8.65. The standard InChI is InChI=1S/C30H49N9O2.CH4/c31-28-22-29(39-14-12-37(13-15-39)10-11-38-16-20-41-21-17-38)36-30(35-28)34-24-26-4-2-25(3-5-26)23-32-8-1-9-33-27-6-18-40-19-7-27;/h2-5,22,27,32-33H,1,6-21,23-24H2,(H3,31,34,35,36);1H4. The minimum atomic E-state index is 0. The van der Waals surface area contributed by atoms with Gasteiger partial charge in [0.1, 0.15) is 11.6 Å². The smallest absolute Gasteiger partial charge is 0.226 e. The lowest BCUT2D eigenvalue weighted by atomic mass is 10.1. The number of nitrogen functional groups attached to an aromatic ring is 1. The minimum absolute atomic E-state index is 0. The molecule has 0 bridgehead atoms. The van der Waals surface area contributed by atoms with Gasteiger partial charge in [-0.15, -0.1) is 0 Å². The van der Waals surface area contributed by atoms with Gasteiger partial charge >= 0.3 is 0 Å². The van der Waals surface area contributed by atoms with Crippen LogP contribution in [0.5, 0.6) is 0 Å². The van der Waals surface area contributed by atoms with Gasteiger partial charge in [-0.25, -0.2) is 0 Å². The van der Waals surface area contributed by atoms with Crippen LogP contribution >= 0.6 is 0 Å². The molecule has 2 aromatic rings. The van der Waals surface area contributed by atoms with E-state index in [9.17, 15) is 0 Å². The molecule has 0 radical (unpaired) electrons. The van der Waals surface area contributed by atoms with E-state index >= 15 is 0 Å². The van der Waals surface area contributed by atoms with E-state index in [1.165, 1.54) is 11.1 Å². The number of anilines is 3. The van der Waals surface area contributed by atoms with Crippen LogP contribution in [0, 0.1) is 0 Å². The van der Waals surface area contributed by atoms with Gasteiger partial charge in [0, 0.05) is 90.8 Å². The van der Waals surface area contributed by atoms with E-state index in [1.54, 1.807) is 0 Å². The topological polar surface area (TPSA) is 116 Å². The van der Waals surface area contributed by atoms with Crippen molar-refractivity contribution in [1.82, 2.24) is 30.4 Å². The predicted octanol–water partition coefficient (Wildman–Crippen LogP) is 2.01. The van der Waals surface area contributed by atoms with Gasteiger partial charge < -0.3 is 36.1 Å². The van der Waals surface area contributed by atoms with Gasteiger partial charge in [0.15, 0.2) is 0 Å². The maximum Gasteiger partial charge on any atom is 0.226 e. The zero-order valence-electron chi connectivity index (χ0n) is 24.5. The normalized spacial score (nSPS) is 19.0. The van der Waals surface area contributed by atoms with E-state index in [0.717, 1.165) is 124 Å². The Hall–Kier alpha value is -2.54. The molecule has 0 unspecified atom stereocenters. The predicted molar refractivity (Wildman–Crippen MR) is 171 cm³/mol. The van der Waals surface area contributed by atoms with Crippen molar-refractivity contribution in [2.24, 2.45) is 0 Å². The molecule has 0 spiro atoms. The maximum atomic E-state index is 6.17. The summed E-state index contributed by atoms with van der Waals surface area (Å²) >= 11 is 0. The lowest BCUT2D eigenvalue weighted by molar-refractivity contribution is 0.0331. The molecule has 3 aliphatic heterocycles.